The van der Waals surface area contributed by atoms with Gasteiger partial charge in [-0.15, -0.1) is 0 Å². The molecule has 0 saturated heterocycles. The molecule has 1 fully saturated rings. The number of rotatable bonds is 6. The number of nitrogens with zero attached hydrogens (tertiary/aromatic N) is 2. The second-order valence-corrected chi connectivity index (χ2v) is 9.57. The fraction of sp³-hybridized carbons (Fsp3) is 0.381. The lowest BCUT2D eigenvalue weighted by Gasteiger charge is -2.26. The Kier molecular flexibility index (Phi) is 4.68. The van der Waals surface area contributed by atoms with Crippen LogP contribution in [0.2, 0.25) is 0 Å². The number of hydrogen-bond acceptors (Lipinski definition) is 5. The van der Waals surface area contributed by atoms with Gasteiger partial charge in [0.15, 0.2) is 9.84 Å². The molecule has 1 aromatic heterocycles. The van der Waals surface area contributed by atoms with E-state index in [2.05, 4.69) is 22.0 Å². The average Bonchev–Trinajstić information content (AvgIpc) is 3.50. The summed E-state index contributed by atoms with van der Waals surface area (Å²) < 4.78 is 30.8. The van der Waals surface area contributed by atoms with Crippen LogP contribution < -0.4 is 4.74 Å². The number of pyridine rings is 1. The molecule has 4 rings (SSSR count). The van der Waals surface area contributed by atoms with Crippen molar-refractivity contribution < 1.29 is 13.2 Å². The van der Waals surface area contributed by atoms with Crippen LogP contribution in [0.4, 0.5) is 0 Å². The van der Waals surface area contributed by atoms with Crippen molar-refractivity contribution in [2.24, 2.45) is 5.92 Å². The van der Waals surface area contributed by atoms with Crippen LogP contribution in [0.1, 0.15) is 36.5 Å². The molecule has 0 unspecified atom stereocenters. The quantitative estimate of drug-likeness (QED) is 0.763. The minimum absolute atomic E-state index is 0.0476. The van der Waals surface area contributed by atoms with Gasteiger partial charge in [-0.1, -0.05) is 31.2 Å². The SMILES string of the molecule is CCS(=O)(=O)c1cnc(OCC2CC2)c(C2=CN(C)Cc3ccccc32)c1. The molecule has 1 aliphatic heterocycles. The highest BCUT2D eigenvalue weighted by atomic mass is 32.2. The average molecular weight is 385 g/mol. The van der Waals surface area contributed by atoms with E-state index in [1.807, 2.05) is 25.4 Å². The van der Waals surface area contributed by atoms with Crippen LogP contribution in [0.5, 0.6) is 5.88 Å². The lowest BCUT2D eigenvalue weighted by Crippen LogP contribution is -2.18. The Morgan fingerprint density at radius 2 is 2.00 bits per heavy atom. The summed E-state index contributed by atoms with van der Waals surface area (Å²) in [5.41, 5.74) is 3.99. The Balaban J connectivity index is 1.84. The molecule has 1 aromatic carbocycles. The van der Waals surface area contributed by atoms with E-state index in [-0.39, 0.29) is 10.6 Å². The maximum Gasteiger partial charge on any atom is 0.221 e. The van der Waals surface area contributed by atoms with Gasteiger partial charge < -0.3 is 9.64 Å². The Hall–Kier alpha value is -2.34. The predicted molar refractivity (Wildman–Crippen MR) is 105 cm³/mol. The first-order valence-corrected chi connectivity index (χ1v) is 11.0. The topological polar surface area (TPSA) is 59.5 Å². The zero-order valence-electron chi connectivity index (χ0n) is 15.7. The maximum atomic E-state index is 12.4. The Labute approximate surface area is 160 Å². The first-order valence-electron chi connectivity index (χ1n) is 9.34. The zero-order valence-corrected chi connectivity index (χ0v) is 16.5. The summed E-state index contributed by atoms with van der Waals surface area (Å²) >= 11 is 0. The number of hydrogen-bond donors (Lipinski definition) is 0. The minimum atomic E-state index is -3.34. The monoisotopic (exact) mass is 384 g/mol. The molecule has 0 bridgehead atoms. The van der Waals surface area contributed by atoms with Crippen molar-refractivity contribution in [3.63, 3.8) is 0 Å². The first-order chi connectivity index (χ1) is 13.0. The van der Waals surface area contributed by atoms with Crippen molar-refractivity contribution >= 4 is 15.4 Å². The van der Waals surface area contributed by atoms with Crippen molar-refractivity contribution in [3.05, 3.63) is 59.4 Å². The van der Waals surface area contributed by atoms with Crippen LogP contribution in [-0.2, 0) is 16.4 Å². The van der Waals surface area contributed by atoms with Gasteiger partial charge in [0.1, 0.15) is 0 Å². The van der Waals surface area contributed by atoms with Gasteiger partial charge in [0, 0.05) is 37.1 Å². The van der Waals surface area contributed by atoms with Gasteiger partial charge in [0.2, 0.25) is 5.88 Å². The summed E-state index contributed by atoms with van der Waals surface area (Å²) in [6.45, 7) is 3.10. The molecule has 2 aliphatic rings. The Morgan fingerprint density at radius 1 is 1.22 bits per heavy atom. The normalized spacial score (nSPS) is 16.7. The van der Waals surface area contributed by atoms with Crippen molar-refractivity contribution in [1.82, 2.24) is 9.88 Å². The van der Waals surface area contributed by atoms with Crippen LogP contribution in [0, 0.1) is 5.92 Å². The number of benzene rings is 1. The molecule has 0 atom stereocenters. The molecule has 142 valence electrons. The first kappa shape index (κ1) is 18.0. The number of aromatic nitrogens is 1. The molecule has 6 heteroatoms. The summed E-state index contributed by atoms with van der Waals surface area (Å²) in [6.07, 6.45) is 5.84. The van der Waals surface area contributed by atoms with E-state index in [4.69, 9.17) is 4.74 Å². The predicted octanol–water partition coefficient (Wildman–Crippen LogP) is 3.50. The highest BCUT2D eigenvalue weighted by Crippen LogP contribution is 2.37. The fourth-order valence-electron chi connectivity index (χ4n) is 3.30. The highest BCUT2D eigenvalue weighted by molar-refractivity contribution is 7.91. The largest absolute Gasteiger partial charge is 0.477 e. The lowest BCUT2D eigenvalue weighted by molar-refractivity contribution is 0.287. The minimum Gasteiger partial charge on any atom is -0.477 e. The van der Waals surface area contributed by atoms with E-state index in [1.165, 1.54) is 24.6 Å². The van der Waals surface area contributed by atoms with Gasteiger partial charge in [-0.3, -0.25) is 0 Å². The van der Waals surface area contributed by atoms with Crippen molar-refractivity contribution in [2.75, 3.05) is 19.4 Å². The third-order valence-electron chi connectivity index (χ3n) is 5.08. The number of sulfone groups is 1. The van der Waals surface area contributed by atoms with Gasteiger partial charge in [-0.2, -0.15) is 0 Å². The molecule has 0 N–H and O–H groups in total. The fourth-order valence-corrected chi connectivity index (χ4v) is 4.14. The van der Waals surface area contributed by atoms with E-state index >= 15 is 0 Å². The van der Waals surface area contributed by atoms with E-state index in [9.17, 15) is 8.42 Å². The number of fused-ring (bicyclic) bond motifs is 1. The van der Waals surface area contributed by atoms with E-state index in [0.717, 1.165) is 23.2 Å². The molecule has 0 spiro atoms. The molecular weight excluding hydrogens is 360 g/mol. The van der Waals surface area contributed by atoms with Gasteiger partial charge >= 0.3 is 0 Å². The molecule has 1 saturated carbocycles. The van der Waals surface area contributed by atoms with E-state index < -0.39 is 9.84 Å². The van der Waals surface area contributed by atoms with Crippen LogP contribution in [0.3, 0.4) is 0 Å². The summed E-state index contributed by atoms with van der Waals surface area (Å²) in [6, 6.07) is 9.92. The summed E-state index contributed by atoms with van der Waals surface area (Å²) in [7, 11) is -1.33. The third kappa shape index (κ3) is 3.72. The van der Waals surface area contributed by atoms with Gasteiger partial charge in [0.05, 0.1) is 17.3 Å². The lowest BCUT2D eigenvalue weighted by atomic mass is 9.92. The van der Waals surface area contributed by atoms with Crippen molar-refractivity contribution in [1.29, 1.82) is 0 Å². The number of ether oxygens (including phenoxy) is 1. The van der Waals surface area contributed by atoms with Gasteiger partial charge in [0.25, 0.3) is 0 Å². The third-order valence-corrected chi connectivity index (χ3v) is 6.79. The standard InChI is InChI=1S/C21H24N2O3S/c1-3-27(24,25)17-10-19(21(22-11-17)26-14-15-8-9-15)20-13-23(2)12-16-6-4-5-7-18(16)20/h4-7,10-11,13,15H,3,8-9,12,14H2,1-2H3. The van der Waals surface area contributed by atoms with E-state index in [1.54, 1.807) is 13.0 Å². The van der Waals surface area contributed by atoms with E-state index in [0.29, 0.717) is 18.4 Å². The second kappa shape index (κ2) is 7.00. The zero-order chi connectivity index (χ0) is 19.0. The van der Waals surface area contributed by atoms with Gasteiger partial charge in [-0.25, -0.2) is 13.4 Å². The molecule has 5 nitrogen and oxygen atoms in total. The second-order valence-electron chi connectivity index (χ2n) is 7.30. The highest BCUT2D eigenvalue weighted by Gasteiger charge is 2.26. The van der Waals surface area contributed by atoms with Crippen molar-refractivity contribution in [3.8, 4) is 5.88 Å². The van der Waals surface area contributed by atoms with Crippen LogP contribution in [-0.4, -0.2) is 37.7 Å². The van der Waals surface area contributed by atoms with Crippen LogP contribution >= 0.6 is 0 Å². The molecular formula is C21H24N2O3S. The summed E-state index contributed by atoms with van der Waals surface area (Å²) in [5.74, 6) is 1.15. The molecule has 27 heavy (non-hydrogen) atoms. The van der Waals surface area contributed by atoms with Crippen LogP contribution in [0.15, 0.2) is 47.6 Å². The molecule has 0 radical (unpaired) electrons. The molecule has 1 aliphatic carbocycles. The Bertz CT molecular complexity index is 994. The summed E-state index contributed by atoms with van der Waals surface area (Å²) in [5, 5.41) is 0. The van der Waals surface area contributed by atoms with Crippen molar-refractivity contribution in [2.45, 2.75) is 31.2 Å². The smallest absolute Gasteiger partial charge is 0.221 e. The molecule has 2 heterocycles. The Morgan fingerprint density at radius 3 is 2.74 bits per heavy atom. The van der Waals surface area contributed by atoms with Crippen LogP contribution in [0.25, 0.3) is 5.57 Å². The van der Waals surface area contributed by atoms with Gasteiger partial charge in [-0.05, 0) is 36.0 Å². The molecule has 2 aromatic rings. The molecule has 0 amide bonds. The summed E-state index contributed by atoms with van der Waals surface area (Å²) in [4.78, 5) is 6.75. The maximum absolute atomic E-state index is 12.4.